The first-order chi connectivity index (χ1) is 9.65. The van der Waals surface area contributed by atoms with Crippen LogP contribution in [0.2, 0.25) is 0 Å². The lowest BCUT2D eigenvalue weighted by atomic mass is 9.97. The van der Waals surface area contributed by atoms with E-state index in [0.717, 1.165) is 12.2 Å². The molecule has 1 N–H and O–H groups in total. The Labute approximate surface area is 118 Å². The number of para-hydroxylation sites is 1. The topological polar surface area (TPSA) is 49.4 Å². The zero-order valence-electron chi connectivity index (χ0n) is 10.8. The number of nitrogens with one attached hydrogen (secondary N) is 1. The SMILES string of the molecule is O=S1(=O)NC2Cc3ccccc3CN2c2ccccc21. The molecule has 0 aliphatic carbocycles. The van der Waals surface area contributed by atoms with Gasteiger partial charge < -0.3 is 4.90 Å². The Morgan fingerprint density at radius 2 is 1.70 bits per heavy atom. The molecule has 0 bridgehead atoms. The van der Waals surface area contributed by atoms with E-state index in [-0.39, 0.29) is 6.17 Å². The number of rotatable bonds is 0. The van der Waals surface area contributed by atoms with Gasteiger partial charge in [0.15, 0.2) is 0 Å². The second-order valence-electron chi connectivity index (χ2n) is 5.21. The molecule has 2 heterocycles. The van der Waals surface area contributed by atoms with Crippen LogP contribution in [0.3, 0.4) is 0 Å². The molecule has 1 unspecified atom stereocenters. The summed E-state index contributed by atoms with van der Waals surface area (Å²) in [5.74, 6) is 0. The molecule has 2 aromatic rings. The maximum absolute atomic E-state index is 12.3. The van der Waals surface area contributed by atoms with Crippen molar-refractivity contribution in [3.05, 3.63) is 59.7 Å². The van der Waals surface area contributed by atoms with Gasteiger partial charge in [0.1, 0.15) is 4.90 Å². The average Bonchev–Trinajstić information content (AvgIpc) is 2.45. The fourth-order valence-electron chi connectivity index (χ4n) is 3.05. The molecule has 0 amide bonds. The third-order valence-corrected chi connectivity index (χ3v) is 5.51. The first-order valence-electron chi connectivity index (χ1n) is 6.60. The Morgan fingerprint density at radius 1 is 1.00 bits per heavy atom. The van der Waals surface area contributed by atoms with Crippen LogP contribution >= 0.6 is 0 Å². The molecule has 4 nitrogen and oxygen atoms in total. The standard InChI is InChI=1S/C15H14N2O2S/c18-20(19)14-8-4-3-7-13(14)17-10-12-6-2-1-5-11(12)9-15(17)16-20/h1-8,15-16H,9-10H2. The van der Waals surface area contributed by atoms with E-state index in [4.69, 9.17) is 0 Å². The van der Waals surface area contributed by atoms with Crippen molar-refractivity contribution in [2.24, 2.45) is 0 Å². The van der Waals surface area contributed by atoms with Crippen molar-refractivity contribution < 1.29 is 8.42 Å². The van der Waals surface area contributed by atoms with Crippen LogP contribution in [0.5, 0.6) is 0 Å². The van der Waals surface area contributed by atoms with Crippen molar-refractivity contribution in [1.29, 1.82) is 0 Å². The average molecular weight is 286 g/mol. The summed E-state index contributed by atoms with van der Waals surface area (Å²) in [5.41, 5.74) is 3.28. The van der Waals surface area contributed by atoms with E-state index >= 15 is 0 Å². The highest BCUT2D eigenvalue weighted by Crippen LogP contribution is 2.35. The minimum atomic E-state index is -3.41. The number of hydrogen-bond donors (Lipinski definition) is 1. The molecule has 20 heavy (non-hydrogen) atoms. The van der Waals surface area contributed by atoms with Gasteiger partial charge in [-0.15, -0.1) is 0 Å². The van der Waals surface area contributed by atoms with Gasteiger partial charge in [0.2, 0.25) is 10.0 Å². The van der Waals surface area contributed by atoms with E-state index < -0.39 is 10.0 Å². The molecule has 1 atom stereocenters. The summed E-state index contributed by atoms with van der Waals surface area (Å²) in [6.07, 6.45) is 0.508. The van der Waals surface area contributed by atoms with Gasteiger partial charge in [0.25, 0.3) is 0 Å². The lowest BCUT2D eigenvalue weighted by Gasteiger charge is -2.42. The Bertz CT molecular complexity index is 786. The van der Waals surface area contributed by atoms with Crippen molar-refractivity contribution >= 4 is 15.7 Å². The van der Waals surface area contributed by atoms with Gasteiger partial charge in [-0.2, -0.15) is 4.72 Å². The minimum absolute atomic E-state index is 0.190. The molecule has 0 fully saturated rings. The van der Waals surface area contributed by atoms with E-state index in [9.17, 15) is 8.42 Å². The van der Waals surface area contributed by atoms with E-state index in [2.05, 4.69) is 21.8 Å². The molecule has 2 aromatic carbocycles. The van der Waals surface area contributed by atoms with Crippen LogP contribution in [0.4, 0.5) is 5.69 Å². The van der Waals surface area contributed by atoms with Gasteiger partial charge in [0.05, 0.1) is 11.9 Å². The summed E-state index contributed by atoms with van der Waals surface area (Å²) in [6.45, 7) is 0.736. The molecule has 102 valence electrons. The van der Waals surface area contributed by atoms with E-state index in [1.165, 1.54) is 11.1 Å². The van der Waals surface area contributed by atoms with Crippen LogP contribution < -0.4 is 9.62 Å². The monoisotopic (exact) mass is 286 g/mol. The third-order valence-electron chi connectivity index (χ3n) is 4.00. The molecular formula is C15H14N2O2S. The molecule has 0 radical (unpaired) electrons. The lowest BCUT2D eigenvalue weighted by molar-refractivity contribution is 0.490. The zero-order chi connectivity index (χ0) is 13.7. The number of fused-ring (bicyclic) bond motifs is 4. The summed E-state index contributed by atoms with van der Waals surface area (Å²) < 4.78 is 27.4. The van der Waals surface area contributed by atoms with Gasteiger partial charge in [-0.1, -0.05) is 36.4 Å². The quantitative estimate of drug-likeness (QED) is 0.804. The lowest BCUT2D eigenvalue weighted by Crippen LogP contribution is -2.55. The van der Waals surface area contributed by atoms with Crippen LogP contribution in [0.1, 0.15) is 11.1 Å². The minimum Gasteiger partial charge on any atom is -0.349 e. The van der Waals surface area contributed by atoms with Crippen LogP contribution in [-0.2, 0) is 23.0 Å². The maximum Gasteiger partial charge on any atom is 0.244 e. The molecule has 0 saturated carbocycles. The second kappa shape index (κ2) is 4.07. The summed E-state index contributed by atoms with van der Waals surface area (Å²) in [5, 5.41) is 0. The van der Waals surface area contributed by atoms with Gasteiger partial charge in [-0.05, 0) is 23.3 Å². The highest BCUT2D eigenvalue weighted by molar-refractivity contribution is 7.89. The summed E-state index contributed by atoms with van der Waals surface area (Å²) in [7, 11) is -3.41. The third kappa shape index (κ3) is 1.67. The molecule has 2 aliphatic rings. The first kappa shape index (κ1) is 11.9. The fourth-order valence-corrected chi connectivity index (χ4v) is 4.46. The largest absolute Gasteiger partial charge is 0.349 e. The highest BCUT2D eigenvalue weighted by atomic mass is 32.2. The van der Waals surface area contributed by atoms with E-state index in [1.54, 1.807) is 12.1 Å². The zero-order valence-corrected chi connectivity index (χ0v) is 11.6. The highest BCUT2D eigenvalue weighted by Gasteiger charge is 2.37. The van der Waals surface area contributed by atoms with E-state index in [0.29, 0.717) is 11.3 Å². The molecular weight excluding hydrogens is 272 g/mol. The van der Waals surface area contributed by atoms with E-state index in [1.807, 2.05) is 24.3 Å². The van der Waals surface area contributed by atoms with Gasteiger partial charge in [-0.25, -0.2) is 8.42 Å². The molecule has 0 aromatic heterocycles. The Hall–Kier alpha value is -1.85. The normalized spacial score (nSPS) is 22.6. The van der Waals surface area contributed by atoms with Gasteiger partial charge in [0, 0.05) is 13.0 Å². The van der Waals surface area contributed by atoms with Crippen LogP contribution in [-0.4, -0.2) is 14.6 Å². The molecule has 5 heteroatoms. The van der Waals surface area contributed by atoms with Gasteiger partial charge in [-0.3, -0.25) is 0 Å². The number of sulfonamides is 1. The second-order valence-corrected chi connectivity index (χ2v) is 6.89. The van der Waals surface area contributed by atoms with Gasteiger partial charge >= 0.3 is 0 Å². The van der Waals surface area contributed by atoms with Crippen molar-refractivity contribution in [1.82, 2.24) is 4.72 Å². The number of hydrogen-bond acceptors (Lipinski definition) is 3. The van der Waals surface area contributed by atoms with Crippen molar-refractivity contribution in [2.75, 3.05) is 4.90 Å². The predicted octanol–water partition coefficient (Wildman–Crippen LogP) is 1.87. The Kier molecular flexibility index (Phi) is 2.43. The first-order valence-corrected chi connectivity index (χ1v) is 8.08. The molecule has 2 aliphatic heterocycles. The molecule has 4 rings (SSSR count). The van der Waals surface area contributed by atoms with Crippen LogP contribution in [0.15, 0.2) is 53.4 Å². The van der Waals surface area contributed by atoms with Crippen molar-refractivity contribution in [3.63, 3.8) is 0 Å². The molecule has 0 spiro atoms. The maximum atomic E-state index is 12.3. The smallest absolute Gasteiger partial charge is 0.244 e. The summed E-state index contributed by atoms with van der Waals surface area (Å²) >= 11 is 0. The Balaban J connectivity index is 1.88. The summed E-state index contributed by atoms with van der Waals surface area (Å²) in [4.78, 5) is 2.51. The number of nitrogens with zero attached hydrogens (tertiary/aromatic N) is 1. The van der Waals surface area contributed by atoms with Crippen molar-refractivity contribution in [3.8, 4) is 0 Å². The Morgan fingerprint density at radius 3 is 2.55 bits per heavy atom. The number of anilines is 1. The van der Waals surface area contributed by atoms with Crippen LogP contribution in [0, 0.1) is 0 Å². The fraction of sp³-hybridized carbons (Fsp3) is 0.200. The number of benzene rings is 2. The molecule has 0 saturated heterocycles. The van der Waals surface area contributed by atoms with Crippen LogP contribution in [0.25, 0.3) is 0 Å². The predicted molar refractivity (Wildman–Crippen MR) is 76.9 cm³/mol. The van der Waals surface area contributed by atoms with Crippen molar-refractivity contribution in [2.45, 2.75) is 24.0 Å². The summed E-state index contributed by atoms with van der Waals surface area (Å²) in [6, 6.07) is 15.4.